The van der Waals surface area contributed by atoms with Crippen molar-refractivity contribution in [1.82, 2.24) is 0 Å². The molecule has 0 unspecified atom stereocenters. The van der Waals surface area contributed by atoms with Crippen LogP contribution in [0.3, 0.4) is 0 Å². The molecule has 0 amide bonds. The van der Waals surface area contributed by atoms with Gasteiger partial charge in [-0.1, -0.05) is 18.6 Å². The van der Waals surface area contributed by atoms with Crippen molar-refractivity contribution < 1.29 is 9.53 Å². The molecule has 1 fully saturated rings. The fourth-order valence-electron chi connectivity index (χ4n) is 2.85. The first-order valence-electron chi connectivity index (χ1n) is 5.66. The smallest absolute Gasteiger partial charge is 0.309 e. The first kappa shape index (κ1) is 9.75. The Kier molecular flexibility index (Phi) is 2.90. The van der Waals surface area contributed by atoms with Gasteiger partial charge in [-0.3, -0.25) is 4.79 Å². The third-order valence-electron chi connectivity index (χ3n) is 3.50. The first-order chi connectivity index (χ1) is 6.83. The second-order valence-electron chi connectivity index (χ2n) is 4.28. The molecule has 0 aromatic carbocycles. The van der Waals surface area contributed by atoms with E-state index < -0.39 is 0 Å². The predicted octanol–water partition coefficient (Wildman–Crippen LogP) is 2.54. The molecule has 0 saturated heterocycles. The van der Waals surface area contributed by atoms with Crippen LogP contribution in [-0.2, 0) is 9.53 Å². The third kappa shape index (κ3) is 1.70. The summed E-state index contributed by atoms with van der Waals surface area (Å²) < 4.78 is 5.12. The highest BCUT2D eigenvalue weighted by Crippen LogP contribution is 2.42. The minimum absolute atomic E-state index is 0.0220. The van der Waals surface area contributed by atoms with Crippen LogP contribution in [0.2, 0.25) is 0 Å². The Morgan fingerprint density at radius 1 is 1.50 bits per heavy atom. The lowest BCUT2D eigenvalue weighted by Crippen LogP contribution is -2.29. The topological polar surface area (TPSA) is 26.3 Å². The Balaban J connectivity index is 2.04. The molecule has 2 rings (SSSR count). The minimum atomic E-state index is 0.0220. The van der Waals surface area contributed by atoms with Gasteiger partial charge in [0.25, 0.3) is 0 Å². The van der Waals surface area contributed by atoms with Gasteiger partial charge in [0, 0.05) is 0 Å². The van der Waals surface area contributed by atoms with Crippen LogP contribution in [0.1, 0.15) is 32.6 Å². The maximum Gasteiger partial charge on any atom is 0.309 e. The molecule has 2 nitrogen and oxygen atoms in total. The van der Waals surface area contributed by atoms with Gasteiger partial charge in [0.15, 0.2) is 0 Å². The zero-order chi connectivity index (χ0) is 9.97. The van der Waals surface area contributed by atoms with Crippen molar-refractivity contribution in [2.75, 3.05) is 6.61 Å². The van der Waals surface area contributed by atoms with E-state index >= 15 is 0 Å². The summed E-state index contributed by atoms with van der Waals surface area (Å²) in [6.07, 6.45) is 9.09. The molecule has 0 bridgehead atoms. The minimum Gasteiger partial charge on any atom is -0.466 e. The van der Waals surface area contributed by atoms with Gasteiger partial charge in [0.05, 0.1) is 12.5 Å². The normalized spacial score (nSPS) is 35.4. The van der Waals surface area contributed by atoms with Crippen LogP contribution in [0.5, 0.6) is 0 Å². The van der Waals surface area contributed by atoms with E-state index in [1.807, 2.05) is 6.92 Å². The number of carbonyl (C=O) groups excluding carboxylic acids is 1. The van der Waals surface area contributed by atoms with Crippen LogP contribution in [0.25, 0.3) is 0 Å². The number of carbonyl (C=O) groups is 1. The molecule has 78 valence electrons. The summed E-state index contributed by atoms with van der Waals surface area (Å²) in [4.78, 5) is 11.7. The molecule has 2 aliphatic rings. The first-order valence-corrected chi connectivity index (χ1v) is 5.66. The molecular weight excluding hydrogens is 176 g/mol. The molecule has 2 aliphatic carbocycles. The van der Waals surface area contributed by atoms with E-state index in [-0.39, 0.29) is 11.9 Å². The molecule has 0 radical (unpaired) electrons. The number of allylic oxidation sites excluding steroid dienone is 2. The second kappa shape index (κ2) is 4.16. The standard InChI is InChI=1S/C12H18O2/c1-2-14-12(13)11-8-4-6-9-5-3-7-10(9)11/h4,6,9-11H,2-3,5,7-8H2,1H3/t9-,10-,11-/m1/s1. The van der Waals surface area contributed by atoms with E-state index in [2.05, 4.69) is 12.2 Å². The van der Waals surface area contributed by atoms with Crippen LogP contribution in [-0.4, -0.2) is 12.6 Å². The van der Waals surface area contributed by atoms with Crippen LogP contribution in [0.15, 0.2) is 12.2 Å². The summed E-state index contributed by atoms with van der Waals surface area (Å²) in [5.41, 5.74) is 0. The highest BCUT2D eigenvalue weighted by molar-refractivity contribution is 5.73. The molecule has 0 heterocycles. The quantitative estimate of drug-likeness (QED) is 0.499. The van der Waals surface area contributed by atoms with E-state index in [1.54, 1.807) is 0 Å². The molecule has 0 aromatic heterocycles. The van der Waals surface area contributed by atoms with Gasteiger partial charge in [-0.15, -0.1) is 0 Å². The SMILES string of the molecule is CCOC(=O)[C@@H]1CC=C[C@H]2CCC[C@H]21. The molecule has 0 N–H and O–H groups in total. The van der Waals surface area contributed by atoms with Gasteiger partial charge in [0.1, 0.15) is 0 Å². The maximum atomic E-state index is 11.7. The zero-order valence-electron chi connectivity index (χ0n) is 8.74. The van der Waals surface area contributed by atoms with Gasteiger partial charge in [-0.2, -0.15) is 0 Å². The summed E-state index contributed by atoms with van der Waals surface area (Å²) >= 11 is 0. The maximum absolute atomic E-state index is 11.7. The number of ether oxygens (including phenoxy) is 1. The predicted molar refractivity (Wildman–Crippen MR) is 54.7 cm³/mol. The highest BCUT2D eigenvalue weighted by atomic mass is 16.5. The van der Waals surface area contributed by atoms with Crippen molar-refractivity contribution in [3.8, 4) is 0 Å². The Morgan fingerprint density at radius 2 is 2.36 bits per heavy atom. The van der Waals surface area contributed by atoms with Crippen molar-refractivity contribution in [3.05, 3.63) is 12.2 Å². The van der Waals surface area contributed by atoms with E-state index in [9.17, 15) is 4.79 Å². The summed E-state index contributed by atoms with van der Waals surface area (Å²) in [6, 6.07) is 0. The molecule has 0 aromatic rings. The van der Waals surface area contributed by atoms with Crippen molar-refractivity contribution in [3.63, 3.8) is 0 Å². The second-order valence-corrected chi connectivity index (χ2v) is 4.28. The fraction of sp³-hybridized carbons (Fsp3) is 0.750. The largest absolute Gasteiger partial charge is 0.466 e. The summed E-state index contributed by atoms with van der Waals surface area (Å²) in [5.74, 6) is 1.39. The fourth-order valence-corrected chi connectivity index (χ4v) is 2.85. The number of fused-ring (bicyclic) bond motifs is 1. The highest BCUT2D eigenvalue weighted by Gasteiger charge is 2.38. The molecule has 0 spiro atoms. The average molecular weight is 194 g/mol. The Hall–Kier alpha value is -0.790. The number of hydrogen-bond donors (Lipinski definition) is 0. The molecular formula is C12H18O2. The monoisotopic (exact) mass is 194 g/mol. The third-order valence-corrected chi connectivity index (χ3v) is 3.50. The van der Waals surface area contributed by atoms with E-state index in [0.717, 1.165) is 6.42 Å². The Labute approximate surface area is 85.3 Å². The van der Waals surface area contributed by atoms with Crippen molar-refractivity contribution in [2.24, 2.45) is 17.8 Å². The summed E-state index contributed by atoms with van der Waals surface area (Å²) in [6.45, 7) is 2.39. The lowest BCUT2D eigenvalue weighted by molar-refractivity contribution is -0.150. The van der Waals surface area contributed by atoms with Crippen LogP contribution < -0.4 is 0 Å². The Bertz CT molecular complexity index is 245. The lowest BCUT2D eigenvalue weighted by Gasteiger charge is -2.28. The van der Waals surface area contributed by atoms with Gasteiger partial charge in [0.2, 0.25) is 0 Å². The van der Waals surface area contributed by atoms with Gasteiger partial charge in [-0.25, -0.2) is 0 Å². The van der Waals surface area contributed by atoms with Crippen molar-refractivity contribution in [2.45, 2.75) is 32.6 Å². The van der Waals surface area contributed by atoms with Crippen LogP contribution >= 0.6 is 0 Å². The number of hydrogen-bond acceptors (Lipinski definition) is 2. The molecule has 14 heavy (non-hydrogen) atoms. The van der Waals surface area contributed by atoms with Crippen LogP contribution in [0.4, 0.5) is 0 Å². The van der Waals surface area contributed by atoms with Crippen molar-refractivity contribution in [1.29, 1.82) is 0 Å². The van der Waals surface area contributed by atoms with Crippen LogP contribution in [0, 0.1) is 17.8 Å². The zero-order valence-corrected chi connectivity index (χ0v) is 8.74. The summed E-state index contributed by atoms with van der Waals surface area (Å²) in [5, 5.41) is 0. The van der Waals surface area contributed by atoms with Crippen molar-refractivity contribution >= 4 is 5.97 Å². The van der Waals surface area contributed by atoms with Gasteiger partial charge in [-0.05, 0) is 38.0 Å². The Morgan fingerprint density at radius 3 is 3.14 bits per heavy atom. The molecule has 2 heteroatoms. The average Bonchev–Trinajstić information content (AvgIpc) is 2.65. The summed E-state index contributed by atoms with van der Waals surface area (Å²) in [7, 11) is 0. The van der Waals surface area contributed by atoms with E-state index in [0.29, 0.717) is 18.4 Å². The van der Waals surface area contributed by atoms with E-state index in [1.165, 1.54) is 19.3 Å². The number of rotatable bonds is 2. The lowest BCUT2D eigenvalue weighted by atomic mass is 9.78. The van der Waals surface area contributed by atoms with E-state index in [4.69, 9.17) is 4.74 Å². The molecule has 3 atom stereocenters. The van der Waals surface area contributed by atoms with Gasteiger partial charge < -0.3 is 4.74 Å². The van der Waals surface area contributed by atoms with Gasteiger partial charge >= 0.3 is 5.97 Å². The molecule has 1 saturated carbocycles. The molecule has 0 aliphatic heterocycles. The number of esters is 1.